The average molecular weight is 249 g/mol. The first-order chi connectivity index (χ1) is 8.76. The summed E-state index contributed by atoms with van der Waals surface area (Å²) in [6.45, 7) is 6.76. The van der Waals surface area contributed by atoms with Gasteiger partial charge in [0.1, 0.15) is 0 Å². The van der Waals surface area contributed by atoms with Gasteiger partial charge in [0.2, 0.25) is 0 Å². The lowest BCUT2D eigenvalue weighted by atomic mass is 10.1. The number of aliphatic hydroxyl groups is 1. The molecule has 3 nitrogen and oxygen atoms in total. The van der Waals surface area contributed by atoms with Gasteiger partial charge < -0.3 is 14.7 Å². The smallest absolute Gasteiger partial charge is 0.0787 e. The fourth-order valence-corrected chi connectivity index (χ4v) is 2.46. The molecule has 100 valence electrons. The molecule has 0 radical (unpaired) electrons. The summed E-state index contributed by atoms with van der Waals surface area (Å²) < 4.78 is 5.52. The van der Waals surface area contributed by atoms with Crippen molar-refractivity contribution < 1.29 is 9.84 Å². The Kier molecular flexibility index (Phi) is 4.61. The Hall–Kier alpha value is -1.06. The lowest BCUT2D eigenvalue weighted by Crippen LogP contribution is -2.45. The van der Waals surface area contributed by atoms with E-state index in [1.807, 2.05) is 19.1 Å². The van der Waals surface area contributed by atoms with Crippen molar-refractivity contribution in [3.05, 3.63) is 29.8 Å². The lowest BCUT2D eigenvalue weighted by Gasteiger charge is -2.37. The minimum absolute atomic E-state index is 0.342. The maximum Gasteiger partial charge on any atom is 0.0787 e. The second-order valence-electron chi connectivity index (χ2n) is 4.85. The lowest BCUT2D eigenvalue weighted by molar-refractivity contribution is 0.0930. The summed E-state index contributed by atoms with van der Waals surface area (Å²) in [4.78, 5) is 2.41. The van der Waals surface area contributed by atoms with Crippen LogP contribution in [0.2, 0.25) is 0 Å². The number of hydrogen-bond donors (Lipinski definition) is 1. The molecule has 0 spiro atoms. The largest absolute Gasteiger partial charge is 0.388 e. The summed E-state index contributed by atoms with van der Waals surface area (Å²) >= 11 is 0. The highest BCUT2D eigenvalue weighted by atomic mass is 16.5. The molecule has 1 aliphatic rings. The molecule has 1 fully saturated rings. The molecule has 0 aliphatic carbocycles. The van der Waals surface area contributed by atoms with Crippen LogP contribution in [0, 0.1) is 0 Å². The van der Waals surface area contributed by atoms with Gasteiger partial charge in [-0.2, -0.15) is 0 Å². The normalized spacial score (nSPS) is 21.9. The minimum Gasteiger partial charge on any atom is -0.388 e. The van der Waals surface area contributed by atoms with Crippen LogP contribution in [0.1, 0.15) is 38.4 Å². The van der Waals surface area contributed by atoms with Gasteiger partial charge in [-0.25, -0.2) is 0 Å². The van der Waals surface area contributed by atoms with Crippen molar-refractivity contribution in [1.82, 2.24) is 0 Å². The summed E-state index contributed by atoms with van der Waals surface area (Å²) in [7, 11) is 0. The molecule has 1 aromatic rings. The van der Waals surface area contributed by atoms with E-state index in [1.165, 1.54) is 5.69 Å². The van der Waals surface area contributed by atoms with Gasteiger partial charge in [-0.05, 0) is 30.5 Å². The predicted molar refractivity (Wildman–Crippen MR) is 73.9 cm³/mol. The van der Waals surface area contributed by atoms with E-state index in [0.29, 0.717) is 6.04 Å². The van der Waals surface area contributed by atoms with E-state index in [-0.39, 0.29) is 6.10 Å². The first-order valence-corrected chi connectivity index (χ1v) is 6.88. The van der Waals surface area contributed by atoms with E-state index in [4.69, 9.17) is 4.74 Å². The number of benzene rings is 1. The molecule has 2 rings (SSSR count). The van der Waals surface area contributed by atoms with Gasteiger partial charge in [0.15, 0.2) is 0 Å². The summed E-state index contributed by atoms with van der Waals surface area (Å²) in [5, 5.41) is 9.80. The highest BCUT2D eigenvalue weighted by Gasteiger charge is 2.21. The third kappa shape index (κ3) is 2.85. The molecule has 0 amide bonds. The van der Waals surface area contributed by atoms with Crippen LogP contribution in [0.5, 0.6) is 0 Å². The molecule has 1 unspecified atom stereocenters. The Bertz CT molecular complexity index is 363. The summed E-state index contributed by atoms with van der Waals surface area (Å²) in [5.41, 5.74) is 2.24. The third-order valence-electron chi connectivity index (χ3n) is 3.69. The van der Waals surface area contributed by atoms with E-state index < -0.39 is 0 Å². The van der Waals surface area contributed by atoms with E-state index in [0.717, 1.165) is 38.2 Å². The number of aliphatic hydroxyl groups excluding tert-OH is 1. The number of ether oxygens (including phenoxy) is 1. The second-order valence-corrected chi connectivity index (χ2v) is 4.85. The molecule has 1 aliphatic heterocycles. The highest BCUT2D eigenvalue weighted by Crippen LogP contribution is 2.24. The van der Waals surface area contributed by atoms with Gasteiger partial charge in [0.25, 0.3) is 0 Å². The summed E-state index contributed by atoms with van der Waals surface area (Å²) in [5.74, 6) is 0. The van der Waals surface area contributed by atoms with Crippen LogP contribution < -0.4 is 4.90 Å². The van der Waals surface area contributed by atoms with E-state index in [9.17, 15) is 5.11 Å². The van der Waals surface area contributed by atoms with Crippen LogP contribution in [0.25, 0.3) is 0 Å². The fourth-order valence-electron chi connectivity index (χ4n) is 2.46. The Balaban J connectivity index is 2.12. The van der Waals surface area contributed by atoms with Crippen molar-refractivity contribution in [2.24, 2.45) is 0 Å². The zero-order valence-corrected chi connectivity index (χ0v) is 11.3. The molecule has 3 heteroatoms. The molecule has 1 heterocycles. The minimum atomic E-state index is -0.342. The number of anilines is 1. The Morgan fingerprint density at radius 2 is 2.06 bits per heavy atom. The number of morpholine rings is 1. The van der Waals surface area contributed by atoms with Gasteiger partial charge in [-0.15, -0.1) is 0 Å². The van der Waals surface area contributed by atoms with Crippen LogP contribution in [-0.2, 0) is 4.74 Å². The summed E-state index contributed by atoms with van der Waals surface area (Å²) in [6.07, 6.45) is 1.51. The standard InChI is InChI=1S/C15H23NO2/c1-3-13-11-18-10-9-16(13)14-7-5-12(6-8-14)15(17)4-2/h5-8,13,15,17H,3-4,9-11H2,1-2H3/t13?,15-/m1/s1. The van der Waals surface area contributed by atoms with Crippen molar-refractivity contribution in [3.8, 4) is 0 Å². The van der Waals surface area contributed by atoms with Crippen LogP contribution in [0.4, 0.5) is 5.69 Å². The molecule has 1 N–H and O–H groups in total. The predicted octanol–water partition coefficient (Wildman–Crippen LogP) is 2.75. The molecule has 1 saturated heterocycles. The fraction of sp³-hybridized carbons (Fsp3) is 0.600. The quantitative estimate of drug-likeness (QED) is 0.890. The van der Waals surface area contributed by atoms with Crippen LogP contribution >= 0.6 is 0 Å². The van der Waals surface area contributed by atoms with Gasteiger partial charge in [0.05, 0.1) is 25.4 Å². The SMILES string of the molecule is CCC1COCCN1c1ccc([C@H](O)CC)cc1. The molecule has 1 aromatic carbocycles. The number of nitrogens with zero attached hydrogens (tertiary/aromatic N) is 1. The van der Waals surface area contributed by atoms with E-state index in [1.54, 1.807) is 0 Å². The van der Waals surface area contributed by atoms with Crippen molar-refractivity contribution >= 4 is 5.69 Å². The van der Waals surface area contributed by atoms with E-state index >= 15 is 0 Å². The monoisotopic (exact) mass is 249 g/mol. The second kappa shape index (κ2) is 6.21. The first kappa shape index (κ1) is 13.4. The zero-order chi connectivity index (χ0) is 13.0. The maximum atomic E-state index is 9.80. The zero-order valence-electron chi connectivity index (χ0n) is 11.3. The molecule has 0 aromatic heterocycles. The highest BCUT2D eigenvalue weighted by molar-refractivity contribution is 5.49. The Labute approximate surface area is 109 Å². The number of rotatable bonds is 4. The molecule has 0 bridgehead atoms. The average Bonchev–Trinajstić information content (AvgIpc) is 2.46. The van der Waals surface area contributed by atoms with Crippen molar-refractivity contribution in [3.63, 3.8) is 0 Å². The Morgan fingerprint density at radius 1 is 1.33 bits per heavy atom. The molecule has 2 atom stereocenters. The molecule has 0 saturated carbocycles. The molecular formula is C15H23NO2. The van der Waals surface area contributed by atoms with Gasteiger partial charge in [0, 0.05) is 12.2 Å². The van der Waals surface area contributed by atoms with Gasteiger partial charge in [-0.3, -0.25) is 0 Å². The topological polar surface area (TPSA) is 32.7 Å². The maximum absolute atomic E-state index is 9.80. The van der Waals surface area contributed by atoms with Gasteiger partial charge in [-0.1, -0.05) is 26.0 Å². The molecule has 18 heavy (non-hydrogen) atoms. The van der Waals surface area contributed by atoms with Crippen molar-refractivity contribution in [2.45, 2.75) is 38.8 Å². The van der Waals surface area contributed by atoms with Crippen molar-refractivity contribution in [2.75, 3.05) is 24.7 Å². The first-order valence-electron chi connectivity index (χ1n) is 6.88. The Morgan fingerprint density at radius 3 is 2.67 bits per heavy atom. The van der Waals surface area contributed by atoms with Crippen LogP contribution in [0.15, 0.2) is 24.3 Å². The number of hydrogen-bond acceptors (Lipinski definition) is 3. The molecular weight excluding hydrogens is 226 g/mol. The third-order valence-corrected chi connectivity index (χ3v) is 3.69. The van der Waals surface area contributed by atoms with Crippen LogP contribution in [-0.4, -0.2) is 30.9 Å². The summed E-state index contributed by atoms with van der Waals surface area (Å²) in [6, 6.07) is 8.77. The van der Waals surface area contributed by atoms with Crippen molar-refractivity contribution in [1.29, 1.82) is 0 Å². The van der Waals surface area contributed by atoms with E-state index in [2.05, 4.69) is 24.0 Å². The van der Waals surface area contributed by atoms with Gasteiger partial charge >= 0.3 is 0 Å². The van der Waals surface area contributed by atoms with Crippen LogP contribution in [0.3, 0.4) is 0 Å².